The lowest BCUT2D eigenvalue weighted by Gasteiger charge is -2.29. The van der Waals surface area contributed by atoms with Gasteiger partial charge in [-0.15, -0.1) is 0 Å². The van der Waals surface area contributed by atoms with Gasteiger partial charge in [-0.25, -0.2) is 9.78 Å². The van der Waals surface area contributed by atoms with Crippen LogP contribution in [0.25, 0.3) is 11.3 Å². The van der Waals surface area contributed by atoms with Gasteiger partial charge < -0.3 is 10.1 Å². The number of carbonyl (C=O) groups is 1. The lowest BCUT2D eigenvalue weighted by molar-refractivity contribution is -0.206. The molecule has 1 amide bonds. The average molecular weight is 446 g/mol. The van der Waals surface area contributed by atoms with Crippen LogP contribution in [-0.4, -0.2) is 35.3 Å². The summed E-state index contributed by atoms with van der Waals surface area (Å²) in [6.45, 7) is 1.19. The molecular formula is C19H16F6N4O2. The van der Waals surface area contributed by atoms with Gasteiger partial charge in [0.2, 0.25) is 6.10 Å². The maximum atomic E-state index is 13.6. The Morgan fingerprint density at radius 1 is 1.06 bits per heavy atom. The number of fused-ring (bicyclic) bond motifs is 1. The number of pyridine rings is 2. The zero-order valence-electron chi connectivity index (χ0n) is 15.8. The second kappa shape index (κ2) is 7.66. The summed E-state index contributed by atoms with van der Waals surface area (Å²) in [6, 6.07) is 2.77. The highest BCUT2D eigenvalue weighted by Crippen LogP contribution is 2.46. The molecule has 2 aromatic heterocycles. The van der Waals surface area contributed by atoms with Crippen LogP contribution >= 0.6 is 0 Å². The molecule has 0 aliphatic carbocycles. The molecule has 6 nitrogen and oxygen atoms in total. The number of cyclic esters (lactones) is 1. The molecule has 0 saturated carbocycles. The minimum Gasteiger partial charge on any atom is -0.431 e. The third kappa shape index (κ3) is 4.29. The molecular weight excluding hydrogens is 430 g/mol. The fourth-order valence-corrected chi connectivity index (χ4v) is 3.76. The Hall–Kier alpha value is -2.89. The molecule has 4 heterocycles. The van der Waals surface area contributed by atoms with Crippen LogP contribution in [0.1, 0.15) is 41.7 Å². The molecule has 2 aliphatic heterocycles. The minimum atomic E-state index is -5.00. The number of aromatic nitrogens is 2. The molecule has 1 atom stereocenters. The highest BCUT2D eigenvalue weighted by atomic mass is 19.4. The third-order valence-corrected chi connectivity index (χ3v) is 5.20. The van der Waals surface area contributed by atoms with E-state index in [-0.39, 0.29) is 22.9 Å². The van der Waals surface area contributed by atoms with Crippen molar-refractivity contribution in [1.29, 1.82) is 0 Å². The largest absolute Gasteiger partial charge is 0.431 e. The monoisotopic (exact) mass is 446 g/mol. The highest BCUT2D eigenvalue weighted by Gasteiger charge is 2.49. The molecule has 4 rings (SSSR count). The smallest absolute Gasteiger partial charge is 0.430 e. The summed E-state index contributed by atoms with van der Waals surface area (Å²) >= 11 is 0. The zero-order chi connectivity index (χ0) is 22.4. The molecule has 166 valence electrons. The molecule has 0 bridgehead atoms. The molecule has 1 fully saturated rings. The number of nitrogens with one attached hydrogen (secondary N) is 2. The number of piperidine rings is 1. The fraction of sp³-hybridized carbons (Fsp3) is 0.421. The predicted molar refractivity (Wildman–Crippen MR) is 96.2 cm³/mol. The SMILES string of the molecule is O=C1Nc2nccc(-c3cc(C(F)(F)F)cc(C4CCNCC4)n3)c2[C@H](C(F)(F)F)O1. The van der Waals surface area contributed by atoms with Gasteiger partial charge in [0, 0.05) is 23.4 Å². The third-order valence-electron chi connectivity index (χ3n) is 5.20. The Labute approximate surface area is 172 Å². The van der Waals surface area contributed by atoms with Crippen molar-refractivity contribution < 1.29 is 35.9 Å². The van der Waals surface area contributed by atoms with Gasteiger partial charge in [-0.05, 0) is 44.1 Å². The Morgan fingerprint density at radius 3 is 2.42 bits per heavy atom. The molecule has 0 unspecified atom stereocenters. The predicted octanol–water partition coefficient (Wildman–Crippen LogP) is 4.79. The van der Waals surface area contributed by atoms with Crippen LogP contribution in [0, 0.1) is 0 Å². The molecule has 0 spiro atoms. The second-order valence-corrected chi connectivity index (χ2v) is 7.26. The number of rotatable bonds is 2. The summed E-state index contributed by atoms with van der Waals surface area (Å²) in [5.41, 5.74) is -1.98. The Bertz CT molecular complexity index is 1000. The van der Waals surface area contributed by atoms with Gasteiger partial charge in [0.1, 0.15) is 5.82 Å². The van der Waals surface area contributed by atoms with Crippen LogP contribution < -0.4 is 10.6 Å². The summed E-state index contributed by atoms with van der Waals surface area (Å²) in [6.07, 6.45) is -11.6. The van der Waals surface area contributed by atoms with Crippen molar-refractivity contribution in [2.75, 3.05) is 18.4 Å². The number of nitrogens with zero attached hydrogens (tertiary/aromatic N) is 2. The van der Waals surface area contributed by atoms with Crippen molar-refractivity contribution in [3.8, 4) is 11.3 Å². The number of hydrogen-bond donors (Lipinski definition) is 2. The van der Waals surface area contributed by atoms with Crippen molar-refractivity contribution >= 4 is 11.9 Å². The van der Waals surface area contributed by atoms with Crippen LogP contribution in [-0.2, 0) is 10.9 Å². The van der Waals surface area contributed by atoms with Gasteiger partial charge in [0.05, 0.1) is 16.8 Å². The van der Waals surface area contributed by atoms with E-state index in [0.717, 1.165) is 18.3 Å². The summed E-state index contributed by atoms with van der Waals surface area (Å²) in [5.74, 6) is -0.701. The van der Waals surface area contributed by atoms with E-state index in [1.807, 2.05) is 0 Å². The van der Waals surface area contributed by atoms with E-state index in [2.05, 4.69) is 25.3 Å². The van der Waals surface area contributed by atoms with Crippen molar-refractivity contribution in [1.82, 2.24) is 15.3 Å². The molecule has 12 heteroatoms. The maximum Gasteiger partial charge on any atom is 0.430 e. The number of amides is 1. The normalized spacial score (nSPS) is 20.1. The Morgan fingerprint density at radius 2 is 1.77 bits per heavy atom. The molecule has 0 aromatic carbocycles. The van der Waals surface area contributed by atoms with E-state index < -0.39 is 41.5 Å². The van der Waals surface area contributed by atoms with Gasteiger partial charge in [-0.2, -0.15) is 26.3 Å². The van der Waals surface area contributed by atoms with Gasteiger partial charge in [0.25, 0.3) is 0 Å². The van der Waals surface area contributed by atoms with Crippen LogP contribution in [0.5, 0.6) is 0 Å². The maximum absolute atomic E-state index is 13.6. The van der Waals surface area contributed by atoms with Crippen molar-refractivity contribution in [2.45, 2.75) is 37.2 Å². The van der Waals surface area contributed by atoms with E-state index in [9.17, 15) is 31.1 Å². The number of ether oxygens (including phenoxy) is 1. The summed E-state index contributed by atoms with van der Waals surface area (Å²) in [5, 5.41) is 5.17. The summed E-state index contributed by atoms with van der Waals surface area (Å²) in [4.78, 5) is 19.6. The topological polar surface area (TPSA) is 76.1 Å². The van der Waals surface area contributed by atoms with E-state index >= 15 is 0 Å². The van der Waals surface area contributed by atoms with Gasteiger partial charge in [-0.1, -0.05) is 0 Å². The number of hydrogen-bond acceptors (Lipinski definition) is 5. The van der Waals surface area contributed by atoms with E-state index in [1.165, 1.54) is 0 Å². The number of carbonyl (C=O) groups excluding carboxylic acids is 1. The highest BCUT2D eigenvalue weighted by molar-refractivity contribution is 5.89. The van der Waals surface area contributed by atoms with E-state index in [1.54, 1.807) is 0 Å². The first-order chi connectivity index (χ1) is 14.5. The molecule has 0 radical (unpaired) electrons. The quantitative estimate of drug-likeness (QED) is 0.649. The molecule has 2 aromatic rings. The van der Waals surface area contributed by atoms with Crippen LogP contribution in [0.4, 0.5) is 37.0 Å². The van der Waals surface area contributed by atoms with Crippen LogP contribution in [0.15, 0.2) is 24.4 Å². The molecule has 2 aliphatic rings. The minimum absolute atomic E-state index is 0.154. The lowest BCUT2D eigenvalue weighted by atomic mass is 9.91. The standard InChI is InChI=1S/C19H16F6N4O2/c20-18(21,22)10-7-12(9-1-4-26-5-2-9)28-13(8-10)11-3-6-27-16-14(11)15(19(23,24)25)31-17(30)29-16/h3,6-9,15,26H,1-2,4-5H2,(H,27,29,30)/t15-/m1/s1. The second-order valence-electron chi connectivity index (χ2n) is 7.26. The first-order valence-corrected chi connectivity index (χ1v) is 9.37. The number of alkyl halides is 6. The van der Waals surface area contributed by atoms with Gasteiger partial charge in [0.15, 0.2) is 0 Å². The first-order valence-electron chi connectivity index (χ1n) is 9.37. The average Bonchev–Trinajstić information content (AvgIpc) is 2.71. The zero-order valence-corrected chi connectivity index (χ0v) is 15.8. The van der Waals surface area contributed by atoms with Crippen LogP contribution in [0.3, 0.4) is 0 Å². The van der Waals surface area contributed by atoms with E-state index in [4.69, 9.17) is 0 Å². The Kier molecular flexibility index (Phi) is 5.28. The Balaban J connectivity index is 1.90. The molecule has 2 N–H and O–H groups in total. The van der Waals surface area contributed by atoms with Crippen LogP contribution in [0.2, 0.25) is 0 Å². The van der Waals surface area contributed by atoms with E-state index in [0.29, 0.717) is 32.0 Å². The summed E-state index contributed by atoms with van der Waals surface area (Å²) < 4.78 is 85.9. The van der Waals surface area contributed by atoms with Crippen molar-refractivity contribution in [2.24, 2.45) is 0 Å². The molecule has 1 saturated heterocycles. The van der Waals surface area contributed by atoms with Crippen molar-refractivity contribution in [3.63, 3.8) is 0 Å². The van der Waals surface area contributed by atoms with Gasteiger partial charge >= 0.3 is 18.4 Å². The first kappa shape index (κ1) is 21.3. The number of anilines is 1. The molecule has 31 heavy (non-hydrogen) atoms. The number of halogens is 6. The van der Waals surface area contributed by atoms with Crippen molar-refractivity contribution in [3.05, 3.63) is 41.2 Å². The fourth-order valence-electron chi connectivity index (χ4n) is 3.76. The van der Waals surface area contributed by atoms with Gasteiger partial charge in [-0.3, -0.25) is 10.3 Å². The summed E-state index contributed by atoms with van der Waals surface area (Å²) in [7, 11) is 0. The lowest BCUT2D eigenvalue weighted by Crippen LogP contribution is -2.34.